The van der Waals surface area contributed by atoms with E-state index in [9.17, 15) is 0 Å². The number of para-hydroxylation sites is 1. The Hall–Kier alpha value is -2.29. The van der Waals surface area contributed by atoms with E-state index < -0.39 is 0 Å². The maximum Gasteiger partial charge on any atom is 0.138 e. The molecule has 0 bridgehead atoms. The summed E-state index contributed by atoms with van der Waals surface area (Å²) in [5.74, 6) is 0.993. The molecule has 5 rings (SSSR count). The first-order chi connectivity index (χ1) is 12.8. The van der Waals surface area contributed by atoms with E-state index in [1.165, 1.54) is 53.9 Å². The highest BCUT2D eigenvalue weighted by Crippen LogP contribution is 2.50. The maximum absolute atomic E-state index is 4.93. The van der Waals surface area contributed by atoms with E-state index in [0.29, 0.717) is 0 Å². The zero-order valence-corrected chi connectivity index (χ0v) is 17.1. The molecule has 2 aliphatic heterocycles. The van der Waals surface area contributed by atoms with Gasteiger partial charge in [-0.25, -0.2) is 4.98 Å². The largest absolute Gasteiger partial charge is 0.371 e. The van der Waals surface area contributed by atoms with Crippen molar-refractivity contribution in [3.63, 3.8) is 0 Å². The van der Waals surface area contributed by atoms with Gasteiger partial charge in [0, 0.05) is 24.3 Å². The van der Waals surface area contributed by atoms with Crippen LogP contribution in [-0.2, 0) is 10.8 Å². The first kappa shape index (κ1) is 16.9. The normalized spacial score (nSPS) is 20.0. The van der Waals surface area contributed by atoms with Gasteiger partial charge < -0.3 is 9.88 Å². The zero-order valence-electron chi connectivity index (χ0n) is 17.1. The highest BCUT2D eigenvalue weighted by molar-refractivity contribution is 5.83. The smallest absolute Gasteiger partial charge is 0.138 e. The molecule has 0 spiro atoms. The van der Waals surface area contributed by atoms with Crippen molar-refractivity contribution in [1.82, 2.24) is 9.97 Å². The average molecular weight is 360 g/mol. The lowest BCUT2D eigenvalue weighted by Crippen LogP contribution is -2.44. The molecule has 3 aromatic rings. The third-order valence-electron chi connectivity index (χ3n) is 6.90. The third kappa shape index (κ3) is 2.44. The number of aromatic amines is 1. The molecular weight excluding hydrogens is 330 g/mol. The monoisotopic (exact) mass is 359 g/mol. The van der Waals surface area contributed by atoms with Crippen molar-refractivity contribution < 1.29 is 0 Å². The summed E-state index contributed by atoms with van der Waals surface area (Å²) in [6, 6.07) is 11.1. The van der Waals surface area contributed by atoms with Gasteiger partial charge in [-0.15, -0.1) is 0 Å². The van der Waals surface area contributed by atoms with Crippen molar-refractivity contribution in [2.24, 2.45) is 0 Å². The van der Waals surface area contributed by atoms with Crippen LogP contribution in [0.15, 0.2) is 30.3 Å². The summed E-state index contributed by atoms with van der Waals surface area (Å²) in [6.45, 7) is 14.1. The van der Waals surface area contributed by atoms with E-state index in [1.807, 2.05) is 0 Å². The summed E-state index contributed by atoms with van der Waals surface area (Å²) in [5.41, 5.74) is 9.56. The average Bonchev–Trinajstić information content (AvgIpc) is 3.05. The van der Waals surface area contributed by atoms with E-state index in [4.69, 9.17) is 4.98 Å². The summed E-state index contributed by atoms with van der Waals surface area (Å²) in [4.78, 5) is 11.1. The van der Waals surface area contributed by atoms with Crippen molar-refractivity contribution >= 4 is 16.7 Å². The Morgan fingerprint density at radius 2 is 1.59 bits per heavy atom. The predicted octanol–water partition coefficient (Wildman–Crippen LogP) is 5.71. The highest BCUT2D eigenvalue weighted by atomic mass is 15.2. The Bertz CT molecular complexity index is 1010. The van der Waals surface area contributed by atoms with Crippen LogP contribution in [0.2, 0.25) is 0 Å². The van der Waals surface area contributed by atoms with Crippen LogP contribution in [0, 0.1) is 6.92 Å². The maximum atomic E-state index is 4.93. The standard InChI is InChI=1S/C24H29N3/c1-15-7-6-8-19-20(15)26-22(25-19)16-13-17-21-18(14-16)24(4,5)10-12-27(21)11-9-23(17,2)3/h6-8,13-14H,9-12H2,1-5H3,(H,25,26). The van der Waals surface area contributed by atoms with Crippen LogP contribution in [-0.4, -0.2) is 23.1 Å². The minimum absolute atomic E-state index is 0.200. The Labute approximate surface area is 161 Å². The van der Waals surface area contributed by atoms with Crippen molar-refractivity contribution in [2.45, 2.75) is 58.3 Å². The Balaban J connectivity index is 1.78. The lowest BCUT2D eigenvalue weighted by atomic mass is 9.69. The van der Waals surface area contributed by atoms with Crippen molar-refractivity contribution in [3.05, 3.63) is 47.0 Å². The zero-order chi connectivity index (χ0) is 19.0. The fourth-order valence-electron chi connectivity index (χ4n) is 4.89. The van der Waals surface area contributed by atoms with Crippen LogP contribution in [0.4, 0.5) is 5.69 Å². The van der Waals surface area contributed by atoms with E-state index >= 15 is 0 Å². The quantitative estimate of drug-likeness (QED) is 0.604. The van der Waals surface area contributed by atoms with Gasteiger partial charge in [-0.3, -0.25) is 0 Å². The number of nitrogens with zero attached hydrogens (tertiary/aromatic N) is 2. The van der Waals surface area contributed by atoms with Crippen LogP contribution >= 0.6 is 0 Å². The first-order valence-electron chi connectivity index (χ1n) is 10.2. The first-order valence-corrected chi connectivity index (χ1v) is 10.2. The van der Waals surface area contributed by atoms with E-state index in [-0.39, 0.29) is 10.8 Å². The number of rotatable bonds is 1. The molecule has 3 heteroatoms. The fourth-order valence-corrected chi connectivity index (χ4v) is 4.89. The van der Waals surface area contributed by atoms with Gasteiger partial charge in [0.1, 0.15) is 5.82 Å². The number of nitrogens with one attached hydrogen (secondary N) is 1. The van der Waals surface area contributed by atoms with Crippen LogP contribution in [0.5, 0.6) is 0 Å². The van der Waals surface area contributed by atoms with Gasteiger partial charge in [0.25, 0.3) is 0 Å². The van der Waals surface area contributed by atoms with Gasteiger partial charge in [-0.05, 0) is 65.5 Å². The van der Waals surface area contributed by atoms with Crippen LogP contribution < -0.4 is 4.90 Å². The third-order valence-corrected chi connectivity index (χ3v) is 6.90. The number of aryl methyl sites for hydroxylation is 1. The minimum atomic E-state index is 0.200. The number of fused-ring (bicyclic) bond motifs is 1. The Morgan fingerprint density at radius 3 is 2.19 bits per heavy atom. The van der Waals surface area contributed by atoms with Crippen LogP contribution in [0.25, 0.3) is 22.4 Å². The molecule has 2 aliphatic rings. The number of H-pyrrole nitrogens is 1. The number of hydrogen-bond acceptors (Lipinski definition) is 2. The number of anilines is 1. The van der Waals surface area contributed by atoms with Gasteiger partial charge in [-0.2, -0.15) is 0 Å². The summed E-state index contributed by atoms with van der Waals surface area (Å²) >= 11 is 0. The van der Waals surface area contributed by atoms with E-state index in [2.05, 4.69) is 74.8 Å². The van der Waals surface area contributed by atoms with Crippen molar-refractivity contribution in [2.75, 3.05) is 18.0 Å². The molecule has 0 radical (unpaired) electrons. The highest BCUT2D eigenvalue weighted by Gasteiger charge is 2.40. The van der Waals surface area contributed by atoms with Gasteiger partial charge in [0.05, 0.1) is 11.0 Å². The molecule has 0 amide bonds. The SMILES string of the molecule is Cc1cccc2nc(-c3cc4c5c(c3)C(C)(C)CCN5CCC4(C)C)[nH]c12. The molecule has 0 atom stereocenters. The van der Waals surface area contributed by atoms with Crippen LogP contribution in [0.3, 0.4) is 0 Å². The van der Waals surface area contributed by atoms with Crippen molar-refractivity contribution in [1.29, 1.82) is 0 Å². The summed E-state index contributed by atoms with van der Waals surface area (Å²) < 4.78 is 0. The predicted molar refractivity (Wildman–Crippen MR) is 114 cm³/mol. The molecule has 1 N–H and O–H groups in total. The molecule has 3 heterocycles. The second-order valence-corrected chi connectivity index (χ2v) is 9.73. The number of benzene rings is 2. The van der Waals surface area contributed by atoms with Gasteiger partial charge >= 0.3 is 0 Å². The number of hydrogen-bond donors (Lipinski definition) is 1. The van der Waals surface area contributed by atoms with Gasteiger partial charge in [-0.1, -0.05) is 39.8 Å². The van der Waals surface area contributed by atoms with E-state index in [1.54, 1.807) is 0 Å². The molecule has 0 aliphatic carbocycles. The summed E-state index contributed by atoms with van der Waals surface area (Å²) in [5, 5.41) is 0. The molecule has 0 saturated heterocycles. The number of aromatic nitrogens is 2. The molecule has 1 aromatic heterocycles. The molecular formula is C24H29N3. The Kier molecular flexibility index (Phi) is 3.35. The van der Waals surface area contributed by atoms with Crippen molar-refractivity contribution in [3.8, 4) is 11.4 Å². The molecule has 0 saturated carbocycles. The second kappa shape index (κ2) is 5.37. The topological polar surface area (TPSA) is 31.9 Å². The number of imidazole rings is 1. The molecule has 0 fully saturated rings. The molecule has 3 nitrogen and oxygen atoms in total. The minimum Gasteiger partial charge on any atom is -0.371 e. The molecule has 0 unspecified atom stereocenters. The molecule has 27 heavy (non-hydrogen) atoms. The lowest BCUT2D eigenvalue weighted by molar-refractivity contribution is 0.402. The fraction of sp³-hybridized carbons (Fsp3) is 0.458. The van der Waals surface area contributed by atoms with Crippen LogP contribution in [0.1, 0.15) is 57.2 Å². The van der Waals surface area contributed by atoms with E-state index in [0.717, 1.165) is 16.9 Å². The Morgan fingerprint density at radius 1 is 0.963 bits per heavy atom. The summed E-state index contributed by atoms with van der Waals surface area (Å²) in [7, 11) is 0. The van der Waals surface area contributed by atoms with Gasteiger partial charge in [0.15, 0.2) is 0 Å². The molecule has 140 valence electrons. The van der Waals surface area contributed by atoms with Gasteiger partial charge in [0.2, 0.25) is 0 Å². The lowest BCUT2D eigenvalue weighted by Gasteiger charge is -2.48. The second-order valence-electron chi connectivity index (χ2n) is 9.73. The molecule has 2 aromatic carbocycles. The summed E-state index contributed by atoms with van der Waals surface area (Å²) in [6.07, 6.45) is 2.42.